The van der Waals surface area contributed by atoms with Crippen LogP contribution in [0.3, 0.4) is 0 Å². The summed E-state index contributed by atoms with van der Waals surface area (Å²) in [6, 6.07) is 12.8. The molecule has 7 rings (SSSR count). The van der Waals surface area contributed by atoms with Crippen LogP contribution in [0.25, 0.3) is 44.3 Å². The van der Waals surface area contributed by atoms with Crippen molar-refractivity contribution in [2.75, 3.05) is 13.2 Å². The highest BCUT2D eigenvalue weighted by Crippen LogP contribution is 2.39. The third-order valence-electron chi connectivity index (χ3n) is 9.20. The van der Waals surface area contributed by atoms with E-state index in [1.165, 1.54) is 17.3 Å². The highest BCUT2D eigenvalue weighted by Gasteiger charge is 2.50. The summed E-state index contributed by atoms with van der Waals surface area (Å²) in [4.78, 5) is 3.44. The van der Waals surface area contributed by atoms with Gasteiger partial charge >= 0.3 is 33.5 Å². The minimum Gasteiger partial charge on any atom is -0.381 e. The Balaban J connectivity index is 0.000000269. The zero-order chi connectivity index (χ0) is 46.2. The van der Waals surface area contributed by atoms with Crippen LogP contribution in [0, 0.1) is 0 Å². The van der Waals surface area contributed by atoms with Crippen molar-refractivity contribution in [2.45, 2.75) is 90.3 Å². The number of nitrogens with zero attached hydrogens (tertiary/aromatic N) is 5. The number of halogens is 12. The van der Waals surface area contributed by atoms with E-state index in [0.717, 1.165) is 71.5 Å². The van der Waals surface area contributed by atoms with Crippen molar-refractivity contribution in [1.82, 2.24) is 28.5 Å². The number of fused-ring (bicyclic) bond motifs is 2. The molecule has 11 nitrogen and oxygen atoms in total. The first kappa shape index (κ1) is 50.6. The number of alkyl halides is 12. The van der Waals surface area contributed by atoms with Gasteiger partial charge in [-0.05, 0) is 69.2 Å². The molecule has 0 bridgehead atoms. The van der Waals surface area contributed by atoms with Crippen LogP contribution in [-0.2, 0) is 51.3 Å². The second-order valence-electron chi connectivity index (χ2n) is 13.1. The number of benzene rings is 2. The lowest BCUT2D eigenvalue weighted by atomic mass is 9.96. The first-order chi connectivity index (χ1) is 28.8. The molecule has 1 saturated heterocycles. The average molecular weight is 953 g/mol. The molecule has 2 aromatic carbocycles. The maximum absolute atomic E-state index is 13.1. The molecule has 1 N–H and O–H groups in total. The largest absolute Gasteiger partial charge is 0.534 e. The molecule has 0 saturated carbocycles. The van der Waals surface area contributed by atoms with Gasteiger partial charge < -0.3 is 13.9 Å². The maximum Gasteiger partial charge on any atom is 0.534 e. The third-order valence-corrected chi connectivity index (χ3v) is 11.3. The number of ether oxygens (including phenoxy) is 1. The molecule has 5 heterocycles. The van der Waals surface area contributed by atoms with Gasteiger partial charge in [0.25, 0.3) is 0 Å². The van der Waals surface area contributed by atoms with Gasteiger partial charge in [-0.1, -0.05) is 33.4 Å². The summed E-state index contributed by atoms with van der Waals surface area (Å²) in [7, 11) is -10.5. The molecule has 0 spiro atoms. The van der Waals surface area contributed by atoms with Crippen molar-refractivity contribution < 1.29 is 74.2 Å². The fraction of sp³-hybridized carbons (Fsp3) is 0.421. The quantitative estimate of drug-likeness (QED) is 0.0914. The van der Waals surface area contributed by atoms with Crippen molar-refractivity contribution in [1.29, 1.82) is 0 Å². The van der Waals surface area contributed by atoms with Crippen LogP contribution in [0.4, 0.5) is 52.7 Å². The predicted molar refractivity (Wildman–Crippen MR) is 210 cm³/mol. The van der Waals surface area contributed by atoms with Gasteiger partial charge in [0.15, 0.2) is 11.4 Å². The predicted octanol–water partition coefficient (Wildman–Crippen LogP) is 11.4. The summed E-state index contributed by atoms with van der Waals surface area (Å²) in [5.41, 5.74) is -11.2. The van der Waals surface area contributed by atoms with Crippen LogP contribution in [-0.4, -0.2) is 65.4 Å². The van der Waals surface area contributed by atoms with E-state index in [0.29, 0.717) is 30.3 Å². The van der Waals surface area contributed by atoms with Crippen LogP contribution in [0.2, 0.25) is 0 Å². The van der Waals surface area contributed by atoms with Crippen molar-refractivity contribution in [3.8, 4) is 28.4 Å². The van der Waals surface area contributed by atoms with Gasteiger partial charge in [-0.15, -0.1) is 0 Å². The van der Waals surface area contributed by atoms with Crippen LogP contribution in [0.5, 0.6) is 5.88 Å². The topological polar surface area (TPSA) is 126 Å². The van der Waals surface area contributed by atoms with Crippen LogP contribution in [0.15, 0.2) is 60.7 Å². The number of H-pyrrole nitrogens is 1. The lowest BCUT2D eigenvalue weighted by Crippen LogP contribution is -2.30. The number of hydrogen-bond donors (Lipinski definition) is 1. The SMILES string of the molecule is C.CC.CCn1nc(C(F)(F)F)cc1-c1ccc2[nH]c(C3CCOCC3)cc2c1.CCn1nc(C(F)(F)F)cc1-c1ccc2c(c1)cc(OS(=O)(=O)C(F)(F)F)n2S(=O)C(F)(F)F. The van der Waals surface area contributed by atoms with Gasteiger partial charge in [-0.2, -0.15) is 71.3 Å². The fourth-order valence-corrected chi connectivity index (χ4v) is 7.71. The number of aromatic nitrogens is 6. The van der Waals surface area contributed by atoms with E-state index in [1.807, 2.05) is 32.0 Å². The molecule has 0 radical (unpaired) electrons. The summed E-state index contributed by atoms with van der Waals surface area (Å²) < 4.78 is 201. The molecular formula is C38H40F12N6O5S2. The summed E-state index contributed by atoms with van der Waals surface area (Å²) in [5.74, 6) is -1.13. The molecule has 25 heteroatoms. The molecule has 4 aromatic heterocycles. The first-order valence-electron chi connectivity index (χ1n) is 18.5. The van der Waals surface area contributed by atoms with Gasteiger partial charge in [0.05, 0.1) is 16.9 Å². The van der Waals surface area contributed by atoms with E-state index in [9.17, 15) is 65.3 Å². The van der Waals surface area contributed by atoms with Crippen LogP contribution in [0.1, 0.15) is 71.0 Å². The second kappa shape index (κ2) is 19.0. The Morgan fingerprint density at radius 1 is 0.746 bits per heavy atom. The summed E-state index contributed by atoms with van der Waals surface area (Å²) in [6.07, 6.45) is -7.29. The lowest BCUT2D eigenvalue weighted by Gasteiger charge is -2.20. The van der Waals surface area contributed by atoms with Gasteiger partial charge in [0.2, 0.25) is 16.9 Å². The van der Waals surface area contributed by atoms with Crippen LogP contribution < -0.4 is 4.18 Å². The Labute approximate surface area is 354 Å². The summed E-state index contributed by atoms with van der Waals surface area (Å²) >= 11 is 0. The molecular weight excluding hydrogens is 913 g/mol. The minimum atomic E-state index is -6.45. The van der Waals surface area contributed by atoms with Crippen molar-refractivity contribution in [3.05, 3.63) is 77.7 Å². The Kier molecular flexibility index (Phi) is 15.2. The number of hydrogen-bond acceptors (Lipinski definition) is 7. The zero-order valence-electron chi connectivity index (χ0n) is 32.7. The Morgan fingerprint density at radius 3 is 1.70 bits per heavy atom. The first-order valence-corrected chi connectivity index (χ1v) is 21.0. The van der Waals surface area contributed by atoms with Gasteiger partial charge in [-0.3, -0.25) is 9.36 Å². The van der Waals surface area contributed by atoms with Gasteiger partial charge in [-0.25, -0.2) is 8.18 Å². The molecule has 63 heavy (non-hydrogen) atoms. The molecule has 1 fully saturated rings. The summed E-state index contributed by atoms with van der Waals surface area (Å²) in [6.45, 7) is 9.09. The molecule has 348 valence electrons. The van der Waals surface area contributed by atoms with E-state index in [-0.39, 0.29) is 29.2 Å². The van der Waals surface area contributed by atoms with Crippen molar-refractivity contribution in [2.24, 2.45) is 0 Å². The third kappa shape index (κ3) is 11.0. The standard InChI is InChI=1S/C19H20F3N3O.C16H10F9N3O4S2.C2H6.CH4/c1-2-25-17(11-18(24-25)19(20,21)22)13-3-4-15-14(9-13)10-16(23-15)12-5-7-26-8-6-12;1-2-27-11(7-12(26-27)14(17,18)19)8-3-4-10-9(5-8)6-13(28(10)33(29)15(20,21)22)32-34(30,31)16(23,24)25;1-2;/h3-4,9-12,23H,2,5-8H2,1H3;3-7H,2H2,1H3;1-2H3;1H4. The molecule has 6 aromatic rings. The molecule has 1 aliphatic heterocycles. The van der Waals surface area contributed by atoms with Crippen molar-refractivity contribution in [3.63, 3.8) is 0 Å². The highest BCUT2D eigenvalue weighted by molar-refractivity contribution is 7.88. The number of rotatable bonds is 8. The van der Waals surface area contributed by atoms with E-state index >= 15 is 0 Å². The number of nitrogens with one attached hydrogen (secondary N) is 1. The smallest absolute Gasteiger partial charge is 0.381 e. The average Bonchev–Trinajstić information content (AvgIpc) is 4.00. The van der Waals surface area contributed by atoms with E-state index in [1.54, 1.807) is 6.92 Å². The molecule has 1 atom stereocenters. The lowest BCUT2D eigenvalue weighted by molar-refractivity contribution is -0.142. The van der Waals surface area contributed by atoms with Crippen molar-refractivity contribution >= 4 is 42.9 Å². The Morgan fingerprint density at radius 2 is 1.24 bits per heavy atom. The van der Waals surface area contributed by atoms with Crippen LogP contribution >= 0.6 is 0 Å². The number of aryl methyl sites for hydroxylation is 2. The Hall–Kier alpha value is -5.04. The molecule has 1 unspecified atom stereocenters. The second-order valence-corrected chi connectivity index (χ2v) is 16.0. The highest BCUT2D eigenvalue weighted by atomic mass is 32.2. The van der Waals surface area contributed by atoms with E-state index in [4.69, 9.17) is 4.74 Å². The maximum atomic E-state index is 13.1. The number of aromatic amines is 1. The molecule has 0 amide bonds. The van der Waals surface area contributed by atoms with E-state index in [2.05, 4.69) is 25.4 Å². The minimum absolute atomic E-state index is 0. The Bertz CT molecular complexity index is 2650. The molecule has 1 aliphatic rings. The normalized spacial score (nSPS) is 14.7. The zero-order valence-corrected chi connectivity index (χ0v) is 34.4. The van der Waals surface area contributed by atoms with Gasteiger partial charge in [0.1, 0.15) is 0 Å². The monoisotopic (exact) mass is 952 g/mol. The van der Waals surface area contributed by atoms with E-state index < -0.39 is 72.6 Å². The fourth-order valence-electron chi connectivity index (χ4n) is 6.42. The van der Waals surface area contributed by atoms with Gasteiger partial charge in [0, 0.05) is 71.4 Å². The summed E-state index contributed by atoms with van der Waals surface area (Å²) in [5, 5.41) is 7.68. The molecule has 0 aliphatic carbocycles.